The summed E-state index contributed by atoms with van der Waals surface area (Å²) in [5, 5.41) is 13.2. The number of aryl methyl sites for hydroxylation is 1. The number of halogens is 1. The van der Waals surface area contributed by atoms with Crippen LogP contribution in [0.2, 0.25) is 0 Å². The molecule has 0 saturated carbocycles. The lowest BCUT2D eigenvalue weighted by atomic mass is 10.1. The van der Waals surface area contributed by atoms with E-state index in [1.807, 2.05) is 25.1 Å². The molecule has 4 heteroatoms. The van der Waals surface area contributed by atoms with Gasteiger partial charge < -0.3 is 15.2 Å². The predicted molar refractivity (Wildman–Crippen MR) is 77.6 cm³/mol. The zero-order valence-corrected chi connectivity index (χ0v) is 11.6. The van der Waals surface area contributed by atoms with Gasteiger partial charge in [-0.2, -0.15) is 0 Å². The SMILES string of the molecule is COc1ccc(NCC(O)c2ccc(F)cc2)c(C)c1. The Morgan fingerprint density at radius 1 is 1.20 bits per heavy atom. The molecule has 20 heavy (non-hydrogen) atoms. The highest BCUT2D eigenvalue weighted by atomic mass is 19.1. The Kier molecular flexibility index (Phi) is 4.58. The lowest BCUT2D eigenvalue weighted by molar-refractivity contribution is 0.191. The zero-order valence-electron chi connectivity index (χ0n) is 11.6. The van der Waals surface area contributed by atoms with Crippen LogP contribution in [0, 0.1) is 12.7 Å². The summed E-state index contributed by atoms with van der Waals surface area (Å²) >= 11 is 0. The fourth-order valence-corrected chi connectivity index (χ4v) is 1.97. The topological polar surface area (TPSA) is 41.5 Å². The van der Waals surface area contributed by atoms with Crippen molar-refractivity contribution in [3.05, 3.63) is 59.4 Å². The third kappa shape index (κ3) is 3.48. The Hall–Kier alpha value is -2.07. The highest BCUT2D eigenvalue weighted by Crippen LogP contribution is 2.22. The summed E-state index contributed by atoms with van der Waals surface area (Å²) in [6, 6.07) is 11.6. The summed E-state index contributed by atoms with van der Waals surface area (Å²) in [5.74, 6) is 0.493. The number of hydrogen-bond donors (Lipinski definition) is 2. The van der Waals surface area contributed by atoms with Gasteiger partial charge in [0.15, 0.2) is 0 Å². The van der Waals surface area contributed by atoms with E-state index >= 15 is 0 Å². The van der Waals surface area contributed by atoms with Crippen molar-refractivity contribution in [1.29, 1.82) is 0 Å². The first-order valence-electron chi connectivity index (χ1n) is 6.42. The molecule has 2 rings (SSSR count). The first-order chi connectivity index (χ1) is 9.60. The molecule has 1 unspecified atom stereocenters. The number of hydrogen-bond acceptors (Lipinski definition) is 3. The molecule has 0 spiro atoms. The van der Waals surface area contributed by atoms with Gasteiger partial charge in [0.1, 0.15) is 11.6 Å². The number of aliphatic hydroxyl groups excluding tert-OH is 1. The van der Waals surface area contributed by atoms with E-state index in [1.165, 1.54) is 12.1 Å². The Morgan fingerprint density at radius 3 is 2.50 bits per heavy atom. The fraction of sp³-hybridized carbons (Fsp3) is 0.250. The van der Waals surface area contributed by atoms with Crippen molar-refractivity contribution in [1.82, 2.24) is 0 Å². The van der Waals surface area contributed by atoms with Crippen LogP contribution in [-0.2, 0) is 0 Å². The van der Waals surface area contributed by atoms with Crippen LogP contribution in [0.15, 0.2) is 42.5 Å². The van der Waals surface area contributed by atoms with Gasteiger partial charge in [-0.05, 0) is 48.4 Å². The number of aliphatic hydroxyl groups is 1. The van der Waals surface area contributed by atoms with Crippen molar-refractivity contribution in [3.8, 4) is 5.75 Å². The minimum Gasteiger partial charge on any atom is -0.497 e. The molecule has 0 aromatic heterocycles. The molecule has 106 valence electrons. The van der Waals surface area contributed by atoms with E-state index in [0.29, 0.717) is 12.1 Å². The van der Waals surface area contributed by atoms with Gasteiger partial charge in [-0.25, -0.2) is 4.39 Å². The van der Waals surface area contributed by atoms with E-state index in [9.17, 15) is 9.50 Å². The van der Waals surface area contributed by atoms with Crippen LogP contribution in [0.3, 0.4) is 0 Å². The summed E-state index contributed by atoms with van der Waals surface area (Å²) in [5.41, 5.74) is 2.66. The largest absolute Gasteiger partial charge is 0.497 e. The lowest BCUT2D eigenvalue weighted by Gasteiger charge is -2.15. The number of ether oxygens (including phenoxy) is 1. The van der Waals surface area contributed by atoms with Crippen molar-refractivity contribution in [2.24, 2.45) is 0 Å². The first kappa shape index (κ1) is 14.3. The number of anilines is 1. The van der Waals surface area contributed by atoms with Crippen molar-refractivity contribution in [2.75, 3.05) is 19.0 Å². The molecule has 3 nitrogen and oxygen atoms in total. The van der Waals surface area contributed by atoms with Crippen molar-refractivity contribution in [2.45, 2.75) is 13.0 Å². The van der Waals surface area contributed by atoms with E-state index in [4.69, 9.17) is 4.74 Å². The minimum absolute atomic E-state index is 0.306. The smallest absolute Gasteiger partial charge is 0.123 e. The molecule has 2 aromatic rings. The molecular weight excluding hydrogens is 257 g/mol. The quantitative estimate of drug-likeness (QED) is 0.879. The Labute approximate surface area is 118 Å². The van der Waals surface area contributed by atoms with Crippen LogP contribution < -0.4 is 10.1 Å². The third-order valence-electron chi connectivity index (χ3n) is 3.17. The number of nitrogens with one attached hydrogen (secondary N) is 1. The molecule has 2 aromatic carbocycles. The van der Waals surface area contributed by atoms with Gasteiger partial charge in [0, 0.05) is 12.2 Å². The van der Waals surface area contributed by atoms with Crippen LogP contribution >= 0.6 is 0 Å². The van der Waals surface area contributed by atoms with Gasteiger partial charge in [-0.3, -0.25) is 0 Å². The molecule has 0 aliphatic carbocycles. The maximum Gasteiger partial charge on any atom is 0.123 e. The molecular formula is C16H18FNO2. The maximum atomic E-state index is 12.8. The monoisotopic (exact) mass is 275 g/mol. The molecule has 0 radical (unpaired) electrons. The second kappa shape index (κ2) is 6.39. The average molecular weight is 275 g/mol. The van der Waals surface area contributed by atoms with E-state index < -0.39 is 6.10 Å². The van der Waals surface area contributed by atoms with Crippen molar-refractivity contribution in [3.63, 3.8) is 0 Å². The summed E-state index contributed by atoms with van der Waals surface area (Å²) in [7, 11) is 1.63. The van der Waals surface area contributed by atoms with Gasteiger partial charge in [0.25, 0.3) is 0 Å². The van der Waals surface area contributed by atoms with Crippen molar-refractivity contribution >= 4 is 5.69 Å². The third-order valence-corrected chi connectivity index (χ3v) is 3.17. The van der Waals surface area contributed by atoms with E-state index in [0.717, 1.165) is 17.0 Å². The van der Waals surface area contributed by atoms with Crippen LogP contribution in [-0.4, -0.2) is 18.8 Å². The summed E-state index contributed by atoms with van der Waals surface area (Å²) in [6.07, 6.45) is -0.683. The van der Waals surface area contributed by atoms with Crippen molar-refractivity contribution < 1.29 is 14.2 Å². The average Bonchev–Trinajstić information content (AvgIpc) is 2.46. The second-order valence-corrected chi connectivity index (χ2v) is 4.63. The summed E-state index contributed by atoms with van der Waals surface area (Å²) in [4.78, 5) is 0. The molecule has 0 saturated heterocycles. The molecule has 1 atom stereocenters. The highest BCUT2D eigenvalue weighted by Gasteiger charge is 2.08. The molecule has 0 aliphatic heterocycles. The molecule has 0 amide bonds. The first-order valence-corrected chi connectivity index (χ1v) is 6.42. The fourth-order valence-electron chi connectivity index (χ4n) is 1.97. The van der Waals surface area contributed by atoms with E-state index in [1.54, 1.807) is 19.2 Å². The second-order valence-electron chi connectivity index (χ2n) is 4.63. The molecule has 2 N–H and O–H groups in total. The molecule has 0 aliphatic rings. The van der Waals surface area contributed by atoms with E-state index in [2.05, 4.69) is 5.32 Å². The number of rotatable bonds is 5. The van der Waals surface area contributed by atoms with Gasteiger partial charge >= 0.3 is 0 Å². The molecule has 0 heterocycles. The molecule has 0 fully saturated rings. The van der Waals surface area contributed by atoms with Crippen LogP contribution in [0.5, 0.6) is 5.75 Å². The zero-order chi connectivity index (χ0) is 14.5. The Bertz CT molecular complexity index is 569. The van der Waals surface area contributed by atoms with E-state index in [-0.39, 0.29) is 5.82 Å². The van der Waals surface area contributed by atoms with Crippen LogP contribution in [0.1, 0.15) is 17.2 Å². The normalized spacial score (nSPS) is 12.0. The predicted octanol–water partition coefficient (Wildman–Crippen LogP) is 3.29. The highest BCUT2D eigenvalue weighted by molar-refractivity contribution is 5.53. The molecule has 0 bridgehead atoms. The summed E-state index contributed by atoms with van der Waals surface area (Å²) < 4.78 is 18.0. The minimum atomic E-state index is -0.683. The Balaban J connectivity index is 1.99. The summed E-state index contributed by atoms with van der Waals surface area (Å²) in [6.45, 7) is 2.33. The van der Waals surface area contributed by atoms with Crippen LogP contribution in [0.25, 0.3) is 0 Å². The number of benzene rings is 2. The van der Waals surface area contributed by atoms with Crippen LogP contribution in [0.4, 0.5) is 10.1 Å². The number of methoxy groups -OCH3 is 1. The van der Waals surface area contributed by atoms with Gasteiger partial charge in [0.2, 0.25) is 0 Å². The van der Waals surface area contributed by atoms with Gasteiger partial charge in [-0.1, -0.05) is 12.1 Å². The lowest BCUT2D eigenvalue weighted by Crippen LogP contribution is -2.12. The van der Waals surface area contributed by atoms with Gasteiger partial charge in [0.05, 0.1) is 13.2 Å². The standard InChI is InChI=1S/C16H18FNO2/c1-11-9-14(20-2)7-8-15(11)18-10-16(19)12-3-5-13(17)6-4-12/h3-9,16,18-19H,10H2,1-2H3. The van der Waals surface area contributed by atoms with Gasteiger partial charge in [-0.15, -0.1) is 0 Å². The Morgan fingerprint density at radius 2 is 1.90 bits per heavy atom. The maximum absolute atomic E-state index is 12.8.